The van der Waals surface area contributed by atoms with Gasteiger partial charge in [-0.2, -0.15) is 0 Å². The summed E-state index contributed by atoms with van der Waals surface area (Å²) in [6, 6.07) is 0.00808. The van der Waals surface area contributed by atoms with Gasteiger partial charge in [-0.25, -0.2) is 0 Å². The molecule has 0 bridgehead atoms. The Morgan fingerprint density at radius 3 is 2.42 bits per heavy atom. The van der Waals surface area contributed by atoms with E-state index in [0.717, 1.165) is 0 Å². The van der Waals surface area contributed by atoms with Crippen LogP contribution in [0.5, 0.6) is 0 Å². The molecule has 0 spiro atoms. The molecule has 12 heavy (non-hydrogen) atoms. The van der Waals surface area contributed by atoms with Crippen LogP contribution in [0.2, 0.25) is 0 Å². The molecule has 0 heterocycles. The summed E-state index contributed by atoms with van der Waals surface area (Å²) in [6.07, 6.45) is 0. The number of carbonyl (C=O) groups is 2. The number of halogens is 1. The maximum Gasteiger partial charge on any atom is 0.325 e. The van der Waals surface area contributed by atoms with Crippen molar-refractivity contribution in [1.82, 2.24) is 4.90 Å². The molecule has 1 amide bonds. The molecule has 0 fully saturated rings. The largest absolute Gasteiger partial charge is 0.465 e. The van der Waals surface area contributed by atoms with Gasteiger partial charge in [0.25, 0.3) is 0 Å². The van der Waals surface area contributed by atoms with Gasteiger partial charge in [0.05, 0.1) is 12.6 Å². The van der Waals surface area contributed by atoms with Crippen molar-refractivity contribution in [3.05, 3.63) is 0 Å². The monoisotopic (exact) mass is 193 g/mol. The van der Waals surface area contributed by atoms with E-state index in [0.29, 0.717) is 6.61 Å². The van der Waals surface area contributed by atoms with Crippen molar-refractivity contribution in [3.8, 4) is 0 Å². The Kier molecular flexibility index (Phi) is 5.45. The van der Waals surface area contributed by atoms with E-state index in [-0.39, 0.29) is 18.5 Å². The lowest BCUT2D eigenvalue weighted by atomic mass is 10.5. The third kappa shape index (κ3) is 4.18. The van der Waals surface area contributed by atoms with Gasteiger partial charge in [0.2, 0.25) is 5.91 Å². The van der Waals surface area contributed by atoms with E-state index < -0.39 is 5.97 Å². The minimum Gasteiger partial charge on any atom is -0.465 e. The summed E-state index contributed by atoms with van der Waals surface area (Å²) in [5, 5.41) is 0. The Balaban J connectivity index is 3.85. The predicted octanol–water partition coefficient (Wildman–Crippen LogP) is 0.594. The first-order chi connectivity index (χ1) is 5.61. The van der Waals surface area contributed by atoms with Crippen LogP contribution in [0.1, 0.15) is 13.8 Å². The van der Waals surface area contributed by atoms with Crippen LogP contribution in [-0.4, -0.2) is 35.9 Å². The number of nitrogens with zero attached hydrogens (tertiary/aromatic N) is 1. The quantitative estimate of drug-likeness (QED) is 0.373. The predicted molar refractivity (Wildman–Crippen MR) is 44.7 cm³/mol. The summed E-state index contributed by atoms with van der Waals surface area (Å²) in [7, 11) is 0. The normalized spacial score (nSPS) is 9.25. The summed E-state index contributed by atoms with van der Waals surface area (Å²) in [5.41, 5.74) is 0. The zero-order valence-corrected chi connectivity index (χ0v) is 7.93. The van der Waals surface area contributed by atoms with Crippen molar-refractivity contribution in [3.63, 3.8) is 0 Å². The van der Waals surface area contributed by atoms with Crippen molar-refractivity contribution in [2.75, 3.05) is 19.2 Å². The molecule has 0 saturated carbocycles. The Bertz CT molecular complexity index is 172. The molecule has 0 saturated heterocycles. The van der Waals surface area contributed by atoms with E-state index in [9.17, 15) is 9.59 Å². The molecule has 0 aliphatic rings. The van der Waals surface area contributed by atoms with Gasteiger partial charge in [0, 0.05) is 6.92 Å². The minimum absolute atomic E-state index is 0.00808. The number of amides is 1. The van der Waals surface area contributed by atoms with Gasteiger partial charge in [-0.1, -0.05) is 0 Å². The Morgan fingerprint density at radius 2 is 2.08 bits per heavy atom. The number of hydrogen-bond donors (Lipinski definition) is 0. The maximum absolute atomic E-state index is 10.8. The number of esters is 1. The molecule has 0 aromatic heterocycles. The number of ether oxygens (including phenoxy) is 1. The molecule has 5 heteroatoms. The molecule has 0 aromatic carbocycles. The number of alkyl halides is 1. The third-order valence-electron chi connectivity index (χ3n) is 1.21. The smallest absolute Gasteiger partial charge is 0.325 e. The molecule has 0 aliphatic carbocycles. The van der Waals surface area contributed by atoms with E-state index in [1.807, 2.05) is 0 Å². The first-order valence-electron chi connectivity index (χ1n) is 3.59. The first kappa shape index (κ1) is 11.2. The minimum atomic E-state index is -0.437. The molecule has 0 atom stereocenters. The molecule has 0 unspecified atom stereocenters. The highest BCUT2D eigenvalue weighted by atomic mass is 35.5. The lowest BCUT2D eigenvalue weighted by Crippen LogP contribution is -2.33. The molecule has 4 nitrogen and oxygen atoms in total. The van der Waals surface area contributed by atoms with Crippen LogP contribution >= 0.6 is 11.6 Å². The van der Waals surface area contributed by atoms with E-state index in [4.69, 9.17) is 11.6 Å². The summed E-state index contributed by atoms with van der Waals surface area (Å²) in [5.74, 6) is -0.675. The van der Waals surface area contributed by atoms with E-state index in [2.05, 4.69) is 4.74 Å². The van der Waals surface area contributed by atoms with Gasteiger partial charge >= 0.3 is 5.97 Å². The van der Waals surface area contributed by atoms with Crippen molar-refractivity contribution in [1.29, 1.82) is 0 Å². The number of rotatable bonds is 4. The van der Waals surface area contributed by atoms with Gasteiger partial charge in [-0.15, -0.1) is 11.6 Å². The van der Waals surface area contributed by atoms with Crippen LogP contribution in [0, 0.1) is 0 Å². The van der Waals surface area contributed by atoms with Crippen LogP contribution < -0.4 is 0 Å². The fourth-order valence-electron chi connectivity index (χ4n) is 0.600. The summed E-state index contributed by atoms with van der Waals surface area (Å²) < 4.78 is 4.63. The average molecular weight is 194 g/mol. The molecule has 0 aliphatic heterocycles. The summed E-state index contributed by atoms with van der Waals surface area (Å²) in [4.78, 5) is 22.8. The van der Waals surface area contributed by atoms with Gasteiger partial charge in [0.15, 0.2) is 0 Å². The zero-order valence-electron chi connectivity index (χ0n) is 7.17. The summed E-state index contributed by atoms with van der Waals surface area (Å²) in [6.45, 7) is 3.29. The Hall–Kier alpha value is -0.770. The SMILES string of the molecule is CCOC(=O)CN(CCl)C(C)=O. The first-order valence-corrected chi connectivity index (χ1v) is 4.12. The van der Waals surface area contributed by atoms with Crippen LogP contribution in [0.25, 0.3) is 0 Å². The van der Waals surface area contributed by atoms with Gasteiger partial charge < -0.3 is 9.64 Å². The highest BCUT2D eigenvalue weighted by molar-refractivity contribution is 6.18. The summed E-state index contributed by atoms with van der Waals surface area (Å²) >= 11 is 5.40. The Morgan fingerprint density at radius 1 is 1.50 bits per heavy atom. The third-order valence-corrected chi connectivity index (χ3v) is 1.50. The second-order valence-corrected chi connectivity index (χ2v) is 2.38. The van der Waals surface area contributed by atoms with Crippen LogP contribution in [-0.2, 0) is 14.3 Å². The van der Waals surface area contributed by atoms with E-state index >= 15 is 0 Å². The molecular weight excluding hydrogens is 182 g/mol. The molecule has 0 N–H and O–H groups in total. The maximum atomic E-state index is 10.8. The van der Waals surface area contributed by atoms with Gasteiger partial charge in [-0.05, 0) is 6.92 Å². The Labute approximate surface area is 76.4 Å². The molecule has 0 radical (unpaired) electrons. The standard InChI is InChI=1S/C7H12ClNO3/c1-3-12-7(11)4-9(5-8)6(2)10/h3-5H2,1-2H3. The number of carbonyl (C=O) groups excluding carboxylic acids is 2. The van der Waals surface area contributed by atoms with E-state index in [1.165, 1.54) is 11.8 Å². The van der Waals surface area contributed by atoms with Crippen LogP contribution in [0.15, 0.2) is 0 Å². The second-order valence-electron chi connectivity index (χ2n) is 2.14. The topological polar surface area (TPSA) is 46.6 Å². The molecule has 0 rings (SSSR count). The molecule has 70 valence electrons. The molecule has 0 aromatic rings. The lowest BCUT2D eigenvalue weighted by Gasteiger charge is -2.15. The van der Waals surface area contributed by atoms with Gasteiger partial charge in [-0.3, -0.25) is 9.59 Å². The van der Waals surface area contributed by atoms with Crippen LogP contribution in [0.3, 0.4) is 0 Å². The number of hydrogen-bond acceptors (Lipinski definition) is 3. The molecular formula is C7H12ClNO3. The fourth-order valence-corrected chi connectivity index (χ4v) is 0.853. The highest BCUT2D eigenvalue weighted by Gasteiger charge is 2.12. The lowest BCUT2D eigenvalue weighted by molar-refractivity contribution is -0.147. The van der Waals surface area contributed by atoms with Crippen LogP contribution in [0.4, 0.5) is 0 Å². The van der Waals surface area contributed by atoms with Crippen molar-refractivity contribution >= 4 is 23.5 Å². The zero-order chi connectivity index (χ0) is 9.56. The highest BCUT2D eigenvalue weighted by Crippen LogP contribution is 1.93. The average Bonchev–Trinajstić information content (AvgIpc) is 2.00. The van der Waals surface area contributed by atoms with Crippen molar-refractivity contribution < 1.29 is 14.3 Å². The van der Waals surface area contributed by atoms with Crippen molar-refractivity contribution in [2.24, 2.45) is 0 Å². The second kappa shape index (κ2) is 5.83. The van der Waals surface area contributed by atoms with Crippen molar-refractivity contribution in [2.45, 2.75) is 13.8 Å². The fraction of sp³-hybridized carbons (Fsp3) is 0.714. The van der Waals surface area contributed by atoms with E-state index in [1.54, 1.807) is 6.92 Å². The van der Waals surface area contributed by atoms with Gasteiger partial charge in [0.1, 0.15) is 6.54 Å².